The van der Waals surface area contributed by atoms with Crippen LogP contribution in [0.3, 0.4) is 0 Å². The number of amides is 1. The number of aromatic carboxylic acids is 1. The first kappa shape index (κ1) is 17.3. The third kappa shape index (κ3) is 3.69. The Morgan fingerprint density at radius 1 is 1.19 bits per heavy atom. The molecule has 6 heteroatoms. The Balaban J connectivity index is 1.41. The molecule has 1 aromatic heterocycles. The van der Waals surface area contributed by atoms with Crippen LogP contribution in [0.15, 0.2) is 42.5 Å². The van der Waals surface area contributed by atoms with Crippen LogP contribution in [0.4, 0.5) is 5.69 Å². The number of hydrogen-bond donors (Lipinski definition) is 3. The third-order valence-electron chi connectivity index (χ3n) is 5.14. The number of fused-ring (bicyclic) bond motifs is 1. The molecule has 138 valence electrons. The van der Waals surface area contributed by atoms with Crippen molar-refractivity contribution in [3.63, 3.8) is 0 Å². The number of hydrogen-bond acceptors (Lipinski definition) is 3. The molecule has 6 nitrogen and oxygen atoms in total. The van der Waals surface area contributed by atoms with Crippen molar-refractivity contribution in [1.82, 2.24) is 9.97 Å². The van der Waals surface area contributed by atoms with E-state index in [2.05, 4.69) is 15.3 Å². The zero-order valence-electron chi connectivity index (χ0n) is 14.9. The number of carboxylic acid groups (broad SMARTS) is 1. The summed E-state index contributed by atoms with van der Waals surface area (Å²) in [5, 5.41) is 12.1. The summed E-state index contributed by atoms with van der Waals surface area (Å²) in [5.41, 5.74) is 3.45. The molecule has 0 radical (unpaired) electrons. The monoisotopic (exact) mass is 363 g/mol. The first-order chi connectivity index (χ1) is 13.1. The summed E-state index contributed by atoms with van der Waals surface area (Å²) in [6.07, 6.45) is 4.22. The number of rotatable bonds is 6. The van der Waals surface area contributed by atoms with Crippen molar-refractivity contribution < 1.29 is 14.7 Å². The van der Waals surface area contributed by atoms with E-state index in [-0.39, 0.29) is 17.9 Å². The number of aryl methyl sites for hydroxylation is 1. The smallest absolute Gasteiger partial charge is 0.335 e. The van der Waals surface area contributed by atoms with Crippen LogP contribution in [0.1, 0.15) is 53.3 Å². The molecule has 0 aliphatic heterocycles. The fourth-order valence-electron chi connectivity index (χ4n) is 3.40. The summed E-state index contributed by atoms with van der Waals surface area (Å²) in [5.74, 6) is 0.445. The number of aromatic nitrogens is 2. The van der Waals surface area contributed by atoms with Crippen molar-refractivity contribution in [2.45, 2.75) is 38.0 Å². The third-order valence-corrected chi connectivity index (χ3v) is 5.14. The molecular weight excluding hydrogens is 342 g/mol. The van der Waals surface area contributed by atoms with Gasteiger partial charge in [0.05, 0.1) is 16.6 Å². The molecule has 2 aromatic carbocycles. The number of nitrogens with one attached hydrogen (secondary N) is 2. The Labute approximate surface area is 156 Å². The molecule has 0 saturated heterocycles. The van der Waals surface area contributed by atoms with Gasteiger partial charge in [-0.3, -0.25) is 4.79 Å². The molecule has 1 heterocycles. The lowest BCUT2D eigenvalue weighted by molar-refractivity contribution is -0.116. The van der Waals surface area contributed by atoms with Gasteiger partial charge < -0.3 is 15.4 Å². The fourth-order valence-corrected chi connectivity index (χ4v) is 3.40. The molecule has 1 aliphatic rings. The van der Waals surface area contributed by atoms with Crippen LogP contribution >= 0.6 is 0 Å². The minimum Gasteiger partial charge on any atom is -0.478 e. The maximum Gasteiger partial charge on any atom is 0.335 e. The number of carbonyl (C=O) groups excluding carboxylic acids is 1. The fraction of sp³-hybridized carbons (Fsp3) is 0.286. The summed E-state index contributed by atoms with van der Waals surface area (Å²) in [4.78, 5) is 31.5. The second-order valence-corrected chi connectivity index (χ2v) is 6.99. The molecule has 1 fully saturated rings. The van der Waals surface area contributed by atoms with Gasteiger partial charge >= 0.3 is 5.97 Å². The summed E-state index contributed by atoms with van der Waals surface area (Å²) in [6.45, 7) is 0. The zero-order valence-corrected chi connectivity index (χ0v) is 14.9. The second kappa shape index (κ2) is 7.23. The van der Waals surface area contributed by atoms with Gasteiger partial charge in [-0.25, -0.2) is 9.78 Å². The van der Waals surface area contributed by atoms with Crippen LogP contribution in [0, 0.1) is 0 Å². The van der Waals surface area contributed by atoms with E-state index in [0.29, 0.717) is 23.6 Å². The summed E-state index contributed by atoms with van der Waals surface area (Å²) in [6, 6.07) is 12.4. The van der Waals surface area contributed by atoms with Crippen LogP contribution in [-0.4, -0.2) is 27.0 Å². The molecule has 3 aromatic rings. The van der Waals surface area contributed by atoms with E-state index >= 15 is 0 Å². The van der Waals surface area contributed by atoms with Gasteiger partial charge in [0, 0.05) is 18.0 Å². The van der Waals surface area contributed by atoms with Crippen LogP contribution in [-0.2, 0) is 11.2 Å². The topological polar surface area (TPSA) is 95.1 Å². The maximum absolute atomic E-state index is 12.3. The highest BCUT2D eigenvalue weighted by Crippen LogP contribution is 2.35. The van der Waals surface area contributed by atoms with Crippen LogP contribution < -0.4 is 5.32 Å². The quantitative estimate of drug-likeness (QED) is 0.614. The van der Waals surface area contributed by atoms with Gasteiger partial charge in [-0.05, 0) is 49.1 Å². The lowest BCUT2D eigenvalue weighted by Crippen LogP contribution is -2.13. The summed E-state index contributed by atoms with van der Waals surface area (Å²) in [7, 11) is 0. The van der Waals surface area contributed by atoms with Gasteiger partial charge in [0.2, 0.25) is 5.91 Å². The van der Waals surface area contributed by atoms with Crippen LogP contribution in [0.25, 0.3) is 11.0 Å². The molecule has 0 unspecified atom stereocenters. The first-order valence-electron chi connectivity index (χ1n) is 9.21. The Morgan fingerprint density at radius 3 is 2.74 bits per heavy atom. The van der Waals surface area contributed by atoms with Crippen molar-refractivity contribution in [3.05, 3.63) is 59.4 Å². The number of carbonyl (C=O) groups is 2. The molecular formula is C21H21N3O3. The largest absolute Gasteiger partial charge is 0.478 e. The highest BCUT2D eigenvalue weighted by molar-refractivity contribution is 5.94. The van der Waals surface area contributed by atoms with Crippen LogP contribution in [0.2, 0.25) is 0 Å². The van der Waals surface area contributed by atoms with E-state index in [1.54, 1.807) is 24.3 Å². The van der Waals surface area contributed by atoms with Crippen molar-refractivity contribution in [2.75, 3.05) is 5.32 Å². The Bertz CT molecular complexity index is 1000. The van der Waals surface area contributed by atoms with Crippen molar-refractivity contribution in [3.8, 4) is 0 Å². The van der Waals surface area contributed by atoms with Gasteiger partial charge in [0.25, 0.3) is 0 Å². The molecule has 0 bridgehead atoms. The first-order valence-corrected chi connectivity index (χ1v) is 9.21. The average molecular weight is 363 g/mol. The molecule has 1 saturated carbocycles. The van der Waals surface area contributed by atoms with Crippen LogP contribution in [0.5, 0.6) is 0 Å². The van der Waals surface area contributed by atoms with Gasteiger partial charge in [-0.15, -0.1) is 0 Å². The van der Waals surface area contributed by atoms with Crippen molar-refractivity contribution >= 4 is 28.6 Å². The number of H-pyrrole nitrogens is 1. The number of imidazole rings is 1. The van der Waals surface area contributed by atoms with Gasteiger partial charge in [-0.2, -0.15) is 0 Å². The number of nitrogens with zero attached hydrogens (tertiary/aromatic N) is 1. The highest BCUT2D eigenvalue weighted by atomic mass is 16.4. The van der Waals surface area contributed by atoms with E-state index in [0.717, 1.165) is 16.9 Å². The van der Waals surface area contributed by atoms with E-state index in [1.807, 2.05) is 18.2 Å². The standard InChI is InChI=1S/C21H21N3O3/c25-19(11-8-13-4-1-2-7-16(13)21(26)27)22-15-9-10-17-18(12-15)24-20(23-17)14-5-3-6-14/h1-2,4,7,9-10,12,14H,3,5-6,8,11H2,(H,22,25)(H,23,24)(H,26,27). The number of benzene rings is 2. The summed E-state index contributed by atoms with van der Waals surface area (Å²) < 4.78 is 0. The lowest BCUT2D eigenvalue weighted by Gasteiger charge is -2.22. The van der Waals surface area contributed by atoms with Gasteiger partial charge in [0.15, 0.2) is 0 Å². The molecule has 1 aliphatic carbocycles. The predicted molar refractivity (Wildman–Crippen MR) is 103 cm³/mol. The average Bonchev–Trinajstić information content (AvgIpc) is 3.01. The Kier molecular flexibility index (Phi) is 4.62. The molecule has 4 rings (SSSR count). The SMILES string of the molecule is O=C(CCc1ccccc1C(=O)O)Nc1ccc2nc(C3CCC3)[nH]c2c1. The number of anilines is 1. The Morgan fingerprint density at radius 2 is 2.00 bits per heavy atom. The van der Waals surface area contributed by atoms with E-state index in [9.17, 15) is 14.7 Å². The van der Waals surface area contributed by atoms with E-state index in [4.69, 9.17) is 0 Å². The number of carboxylic acids is 1. The molecule has 1 amide bonds. The minimum absolute atomic E-state index is 0.145. The van der Waals surface area contributed by atoms with E-state index in [1.165, 1.54) is 19.3 Å². The van der Waals surface area contributed by atoms with Crippen molar-refractivity contribution in [2.24, 2.45) is 0 Å². The highest BCUT2D eigenvalue weighted by Gasteiger charge is 2.22. The van der Waals surface area contributed by atoms with Gasteiger partial charge in [0.1, 0.15) is 5.82 Å². The normalized spacial score (nSPS) is 14.1. The van der Waals surface area contributed by atoms with Crippen molar-refractivity contribution in [1.29, 1.82) is 0 Å². The second-order valence-electron chi connectivity index (χ2n) is 6.99. The maximum atomic E-state index is 12.3. The number of aromatic amines is 1. The zero-order chi connectivity index (χ0) is 18.8. The van der Waals surface area contributed by atoms with Gasteiger partial charge in [-0.1, -0.05) is 24.6 Å². The minimum atomic E-state index is -0.974. The molecule has 27 heavy (non-hydrogen) atoms. The summed E-state index contributed by atoms with van der Waals surface area (Å²) >= 11 is 0. The Hall–Kier alpha value is -3.15. The lowest BCUT2D eigenvalue weighted by atomic mass is 9.85. The van der Waals surface area contributed by atoms with E-state index < -0.39 is 5.97 Å². The molecule has 3 N–H and O–H groups in total. The molecule has 0 spiro atoms. The molecule has 0 atom stereocenters. The predicted octanol–water partition coefficient (Wildman–Crippen LogP) is 4.10.